The van der Waals surface area contributed by atoms with Crippen molar-refractivity contribution in [3.63, 3.8) is 0 Å². The molecule has 0 bridgehead atoms. The number of aromatic nitrogens is 5. The largest absolute Gasteiger partial charge is 0.392 e. The maximum atomic E-state index is 14.6. The molecule has 0 amide bonds. The molecule has 4 heterocycles. The van der Waals surface area contributed by atoms with Gasteiger partial charge in [0.05, 0.1) is 17.1 Å². The number of hydrogen-bond donors (Lipinski definition) is 2. The summed E-state index contributed by atoms with van der Waals surface area (Å²) < 4.78 is 22.6. The number of nitriles is 1. The number of aliphatic hydroxyl groups is 2. The fourth-order valence-corrected chi connectivity index (χ4v) is 4.52. The molecule has 3 aromatic heterocycles. The van der Waals surface area contributed by atoms with Crippen LogP contribution in [0.1, 0.15) is 38.1 Å². The highest BCUT2D eigenvalue weighted by atomic mass is 19.1. The van der Waals surface area contributed by atoms with E-state index in [1.807, 2.05) is 11.0 Å². The van der Waals surface area contributed by atoms with Gasteiger partial charge in [0, 0.05) is 19.6 Å². The molecule has 1 aliphatic heterocycles. The van der Waals surface area contributed by atoms with Crippen molar-refractivity contribution in [2.45, 2.75) is 44.9 Å². The SMILES string of the molecule is CC(C)(O)c1nc(-c2ncn3c2c(=O)n(CCN2CCCC(O)C2)c2c(C#N)c(F)ccc23)no1. The van der Waals surface area contributed by atoms with Crippen molar-refractivity contribution in [1.82, 2.24) is 29.0 Å². The second kappa shape index (κ2) is 8.53. The third-order valence-corrected chi connectivity index (χ3v) is 6.24. The summed E-state index contributed by atoms with van der Waals surface area (Å²) >= 11 is 0. The quantitative estimate of drug-likeness (QED) is 0.432. The normalized spacial score (nSPS) is 17.3. The minimum atomic E-state index is -1.38. The third-order valence-electron chi connectivity index (χ3n) is 6.24. The van der Waals surface area contributed by atoms with Crippen LogP contribution in [-0.4, -0.2) is 64.9 Å². The molecule has 0 aliphatic carbocycles. The van der Waals surface area contributed by atoms with Crippen LogP contribution in [0.4, 0.5) is 4.39 Å². The Kier molecular flexibility index (Phi) is 5.63. The van der Waals surface area contributed by atoms with Gasteiger partial charge in [0.2, 0.25) is 5.82 Å². The van der Waals surface area contributed by atoms with Crippen molar-refractivity contribution >= 4 is 16.6 Å². The number of aliphatic hydroxyl groups excluding tert-OH is 1. The molecule has 12 heteroatoms. The Morgan fingerprint density at radius 3 is 2.80 bits per heavy atom. The van der Waals surface area contributed by atoms with Crippen molar-refractivity contribution in [2.75, 3.05) is 19.6 Å². The van der Waals surface area contributed by atoms with Gasteiger partial charge in [-0.05, 0) is 45.4 Å². The van der Waals surface area contributed by atoms with Crippen molar-refractivity contribution in [3.8, 4) is 17.6 Å². The van der Waals surface area contributed by atoms with Crippen LogP contribution >= 0.6 is 0 Å². The van der Waals surface area contributed by atoms with Crippen LogP contribution in [0.3, 0.4) is 0 Å². The van der Waals surface area contributed by atoms with E-state index in [2.05, 4.69) is 15.1 Å². The number of fused-ring (bicyclic) bond motifs is 3. The van der Waals surface area contributed by atoms with E-state index >= 15 is 0 Å². The zero-order chi connectivity index (χ0) is 24.9. The molecule has 0 radical (unpaired) electrons. The summed E-state index contributed by atoms with van der Waals surface area (Å²) in [6, 6.07) is 4.55. The lowest BCUT2D eigenvalue weighted by Gasteiger charge is -2.30. The Balaban J connectivity index is 1.71. The summed E-state index contributed by atoms with van der Waals surface area (Å²) in [5.41, 5.74) is -1.26. The summed E-state index contributed by atoms with van der Waals surface area (Å²) in [6.07, 6.45) is 2.52. The predicted molar refractivity (Wildman–Crippen MR) is 122 cm³/mol. The van der Waals surface area contributed by atoms with E-state index in [4.69, 9.17) is 4.52 Å². The molecule has 1 fully saturated rings. The maximum absolute atomic E-state index is 14.6. The summed E-state index contributed by atoms with van der Waals surface area (Å²) in [6.45, 7) is 4.83. The van der Waals surface area contributed by atoms with E-state index in [0.717, 1.165) is 19.4 Å². The minimum absolute atomic E-state index is 0.0226. The maximum Gasteiger partial charge on any atom is 0.277 e. The fourth-order valence-electron chi connectivity index (χ4n) is 4.52. The Hall–Kier alpha value is -3.66. The molecule has 0 saturated carbocycles. The van der Waals surface area contributed by atoms with E-state index in [1.165, 1.54) is 41.3 Å². The molecule has 1 aromatic carbocycles. The lowest BCUT2D eigenvalue weighted by atomic mass is 10.1. The summed E-state index contributed by atoms with van der Waals surface area (Å²) in [5, 5.41) is 33.7. The first-order valence-corrected chi connectivity index (χ1v) is 11.3. The third kappa shape index (κ3) is 3.97. The van der Waals surface area contributed by atoms with Crippen LogP contribution in [0, 0.1) is 17.1 Å². The number of rotatable bonds is 5. The molecule has 11 nitrogen and oxygen atoms in total. The molecule has 5 rings (SSSR count). The number of halogens is 1. The highest BCUT2D eigenvalue weighted by molar-refractivity contribution is 5.87. The van der Waals surface area contributed by atoms with Gasteiger partial charge < -0.3 is 19.3 Å². The average molecular weight is 481 g/mol. The van der Waals surface area contributed by atoms with E-state index in [-0.39, 0.29) is 40.6 Å². The lowest BCUT2D eigenvalue weighted by Crippen LogP contribution is -2.41. The monoisotopic (exact) mass is 481 g/mol. The molecule has 1 atom stereocenters. The van der Waals surface area contributed by atoms with Crippen LogP contribution in [0.15, 0.2) is 27.8 Å². The minimum Gasteiger partial charge on any atom is -0.392 e. The molecule has 4 aromatic rings. The average Bonchev–Trinajstić information content (AvgIpc) is 3.46. The number of benzene rings is 1. The standard InChI is InChI=1S/C23H24FN7O4/c1-23(2,34)22-27-20(28-35-22)17-19-21(33)30(9-8-29-7-3-4-13(32)11-29)18-14(10-25)15(24)5-6-16(18)31(19)12-26-17/h5-6,12-13,32,34H,3-4,7-9,11H2,1-2H3. The van der Waals surface area contributed by atoms with E-state index < -0.39 is 23.1 Å². The topological polar surface area (TPSA) is 146 Å². The number of piperidine rings is 1. The van der Waals surface area contributed by atoms with Gasteiger partial charge >= 0.3 is 0 Å². The van der Waals surface area contributed by atoms with Crippen LogP contribution in [-0.2, 0) is 12.1 Å². The summed E-state index contributed by atoms with van der Waals surface area (Å²) in [7, 11) is 0. The first kappa shape index (κ1) is 23.1. The zero-order valence-electron chi connectivity index (χ0n) is 19.3. The van der Waals surface area contributed by atoms with Crippen LogP contribution in [0.5, 0.6) is 0 Å². The number of likely N-dealkylation sites (tertiary alicyclic amines) is 1. The number of hydrogen-bond acceptors (Lipinski definition) is 9. The number of nitrogens with zero attached hydrogens (tertiary/aromatic N) is 7. The Bertz CT molecular complexity index is 1530. The lowest BCUT2D eigenvalue weighted by molar-refractivity contribution is 0.0420. The van der Waals surface area contributed by atoms with Crippen LogP contribution < -0.4 is 5.56 Å². The second-order valence-electron chi connectivity index (χ2n) is 9.25. The Morgan fingerprint density at radius 1 is 1.31 bits per heavy atom. The van der Waals surface area contributed by atoms with Crippen molar-refractivity contribution in [1.29, 1.82) is 5.26 Å². The molecule has 1 unspecified atom stereocenters. The molecule has 1 aliphatic rings. The van der Waals surface area contributed by atoms with Crippen molar-refractivity contribution in [3.05, 3.63) is 46.1 Å². The predicted octanol–water partition coefficient (Wildman–Crippen LogP) is 1.39. The van der Waals surface area contributed by atoms with Gasteiger partial charge in [-0.15, -0.1) is 0 Å². The van der Waals surface area contributed by atoms with Gasteiger partial charge in [-0.1, -0.05) is 5.16 Å². The Labute approximate surface area is 198 Å². The van der Waals surface area contributed by atoms with E-state index in [9.17, 15) is 24.7 Å². The van der Waals surface area contributed by atoms with Gasteiger partial charge in [-0.25, -0.2) is 9.37 Å². The van der Waals surface area contributed by atoms with Gasteiger partial charge in [-0.3, -0.25) is 14.1 Å². The molecular weight excluding hydrogens is 457 g/mol. The molecular formula is C23H24FN7O4. The molecule has 0 spiro atoms. The van der Waals surface area contributed by atoms with Gasteiger partial charge in [0.1, 0.15) is 40.6 Å². The first-order chi connectivity index (χ1) is 16.7. The molecule has 1 saturated heterocycles. The summed E-state index contributed by atoms with van der Waals surface area (Å²) in [4.78, 5) is 24.3. The van der Waals surface area contributed by atoms with Gasteiger partial charge in [0.15, 0.2) is 0 Å². The highest BCUT2D eigenvalue weighted by Gasteiger charge is 2.28. The first-order valence-electron chi connectivity index (χ1n) is 11.3. The highest BCUT2D eigenvalue weighted by Crippen LogP contribution is 2.27. The molecule has 2 N–H and O–H groups in total. The van der Waals surface area contributed by atoms with Crippen LogP contribution in [0.25, 0.3) is 28.1 Å². The summed E-state index contributed by atoms with van der Waals surface area (Å²) in [5.74, 6) is -0.740. The smallest absolute Gasteiger partial charge is 0.277 e. The molecule has 182 valence electrons. The van der Waals surface area contributed by atoms with Crippen molar-refractivity contribution < 1.29 is 19.1 Å². The van der Waals surface area contributed by atoms with E-state index in [1.54, 1.807) is 0 Å². The fraction of sp³-hybridized carbons (Fsp3) is 0.435. The number of imidazole rings is 1. The van der Waals surface area contributed by atoms with E-state index in [0.29, 0.717) is 18.6 Å². The zero-order valence-corrected chi connectivity index (χ0v) is 19.3. The van der Waals surface area contributed by atoms with Crippen molar-refractivity contribution in [2.24, 2.45) is 0 Å². The van der Waals surface area contributed by atoms with Crippen LogP contribution in [0.2, 0.25) is 0 Å². The number of β-amino-alcohol motifs (C(OH)–C–C–N with tert-alkyl or cyclic N) is 1. The van der Waals surface area contributed by atoms with Gasteiger partial charge in [0.25, 0.3) is 11.4 Å². The Morgan fingerprint density at radius 2 is 2.11 bits per heavy atom. The van der Waals surface area contributed by atoms with Gasteiger partial charge in [-0.2, -0.15) is 10.2 Å². The second-order valence-corrected chi connectivity index (χ2v) is 9.25. The molecule has 35 heavy (non-hydrogen) atoms.